The number of hydrogen-bond acceptors (Lipinski definition) is 2. The van der Waals surface area contributed by atoms with Gasteiger partial charge in [0.1, 0.15) is 0 Å². The molecule has 1 aliphatic rings. The second-order valence-electron chi connectivity index (χ2n) is 7.38. The van der Waals surface area contributed by atoms with Gasteiger partial charge in [0, 0.05) is 31.6 Å². The molecule has 1 saturated heterocycles. The highest BCUT2D eigenvalue weighted by molar-refractivity contribution is 5.76. The number of rotatable bonds is 4. The molecule has 1 aliphatic heterocycles. The second kappa shape index (κ2) is 6.18. The molecular formula is C18H28N2O. The van der Waals surface area contributed by atoms with E-state index in [1.165, 1.54) is 5.56 Å². The summed E-state index contributed by atoms with van der Waals surface area (Å²) in [6, 6.07) is 10.5. The maximum Gasteiger partial charge on any atom is 0.222 e. The third kappa shape index (κ3) is 4.31. The lowest BCUT2D eigenvalue weighted by atomic mass is 9.80. The first kappa shape index (κ1) is 16.0. The van der Waals surface area contributed by atoms with E-state index in [9.17, 15) is 4.79 Å². The van der Waals surface area contributed by atoms with Crippen molar-refractivity contribution in [3.05, 3.63) is 35.9 Å². The van der Waals surface area contributed by atoms with Crippen LogP contribution in [0.15, 0.2) is 30.3 Å². The van der Waals surface area contributed by atoms with E-state index in [-0.39, 0.29) is 16.9 Å². The molecule has 0 aliphatic carbocycles. The van der Waals surface area contributed by atoms with Crippen LogP contribution in [0.4, 0.5) is 0 Å². The Bertz CT molecular complexity index is 479. The first-order valence-corrected chi connectivity index (χ1v) is 7.89. The molecule has 0 saturated carbocycles. The first-order chi connectivity index (χ1) is 9.80. The smallest absolute Gasteiger partial charge is 0.222 e. The van der Waals surface area contributed by atoms with E-state index in [0.29, 0.717) is 6.42 Å². The summed E-state index contributed by atoms with van der Waals surface area (Å²) in [7, 11) is 0. The maximum atomic E-state index is 12.5. The van der Waals surface area contributed by atoms with Gasteiger partial charge in [-0.2, -0.15) is 0 Å². The summed E-state index contributed by atoms with van der Waals surface area (Å²) >= 11 is 0. The summed E-state index contributed by atoms with van der Waals surface area (Å²) in [5, 5.41) is 3.45. The van der Waals surface area contributed by atoms with Gasteiger partial charge in [-0.1, -0.05) is 44.2 Å². The van der Waals surface area contributed by atoms with Crippen LogP contribution >= 0.6 is 0 Å². The van der Waals surface area contributed by atoms with Crippen molar-refractivity contribution >= 4 is 5.91 Å². The molecule has 21 heavy (non-hydrogen) atoms. The molecule has 1 heterocycles. The summed E-state index contributed by atoms with van der Waals surface area (Å²) < 4.78 is 0. The lowest BCUT2D eigenvalue weighted by Crippen LogP contribution is -2.58. The van der Waals surface area contributed by atoms with Gasteiger partial charge in [0.25, 0.3) is 0 Å². The Balaban J connectivity index is 1.92. The minimum Gasteiger partial charge on any atom is -0.340 e. The molecule has 3 heteroatoms. The van der Waals surface area contributed by atoms with Crippen molar-refractivity contribution in [3.63, 3.8) is 0 Å². The lowest BCUT2D eigenvalue weighted by molar-refractivity contribution is -0.133. The van der Waals surface area contributed by atoms with E-state index in [1.807, 2.05) is 11.0 Å². The molecule has 1 N–H and O–H groups in total. The van der Waals surface area contributed by atoms with Gasteiger partial charge in [0.05, 0.1) is 0 Å². The van der Waals surface area contributed by atoms with Crippen molar-refractivity contribution in [2.45, 2.75) is 51.5 Å². The first-order valence-electron chi connectivity index (χ1n) is 7.89. The highest BCUT2D eigenvalue weighted by Gasteiger charge is 2.29. The summed E-state index contributed by atoms with van der Waals surface area (Å²) in [5.41, 5.74) is 1.38. The molecule has 1 aromatic carbocycles. The number of carbonyl (C=O) groups is 1. The van der Waals surface area contributed by atoms with Gasteiger partial charge in [-0.25, -0.2) is 0 Å². The van der Waals surface area contributed by atoms with Crippen LogP contribution in [-0.4, -0.2) is 36.0 Å². The van der Waals surface area contributed by atoms with Crippen molar-refractivity contribution in [3.8, 4) is 0 Å². The number of benzene rings is 1. The molecule has 2 rings (SSSR count). The standard InChI is InChI=1S/C18H28N2O/c1-17(2,15-8-6-5-7-9-15)11-10-16(21)20-13-12-19-18(3,4)14-20/h5-9,19H,10-14H2,1-4H3. The van der Waals surface area contributed by atoms with Crippen molar-refractivity contribution in [1.82, 2.24) is 10.2 Å². The van der Waals surface area contributed by atoms with E-state index >= 15 is 0 Å². The lowest BCUT2D eigenvalue weighted by Gasteiger charge is -2.39. The molecule has 116 valence electrons. The Morgan fingerprint density at radius 3 is 2.57 bits per heavy atom. The Kier molecular flexibility index (Phi) is 4.72. The van der Waals surface area contributed by atoms with Crippen molar-refractivity contribution in [2.75, 3.05) is 19.6 Å². The third-order valence-electron chi connectivity index (χ3n) is 4.44. The number of carbonyl (C=O) groups excluding carboxylic acids is 1. The zero-order valence-electron chi connectivity index (χ0n) is 13.8. The number of piperazine rings is 1. The van der Waals surface area contributed by atoms with E-state index < -0.39 is 0 Å². The fourth-order valence-electron chi connectivity index (χ4n) is 2.97. The van der Waals surface area contributed by atoms with Gasteiger partial charge in [-0.15, -0.1) is 0 Å². The van der Waals surface area contributed by atoms with Gasteiger partial charge in [0.15, 0.2) is 0 Å². The highest BCUT2D eigenvalue weighted by atomic mass is 16.2. The highest BCUT2D eigenvalue weighted by Crippen LogP contribution is 2.28. The molecule has 1 fully saturated rings. The molecule has 0 unspecified atom stereocenters. The average Bonchev–Trinajstić information content (AvgIpc) is 2.45. The van der Waals surface area contributed by atoms with Crippen LogP contribution < -0.4 is 5.32 Å². The van der Waals surface area contributed by atoms with Gasteiger partial charge >= 0.3 is 0 Å². The fourth-order valence-corrected chi connectivity index (χ4v) is 2.97. The molecule has 0 spiro atoms. The van der Waals surface area contributed by atoms with Crippen LogP contribution in [-0.2, 0) is 10.2 Å². The van der Waals surface area contributed by atoms with Gasteiger partial charge < -0.3 is 10.2 Å². The van der Waals surface area contributed by atoms with Crippen LogP contribution in [0.2, 0.25) is 0 Å². The molecule has 0 radical (unpaired) electrons. The van der Waals surface area contributed by atoms with Crippen LogP contribution in [0.3, 0.4) is 0 Å². The topological polar surface area (TPSA) is 32.3 Å². The van der Waals surface area contributed by atoms with E-state index in [2.05, 4.69) is 57.3 Å². The third-order valence-corrected chi connectivity index (χ3v) is 4.44. The number of nitrogens with zero attached hydrogens (tertiary/aromatic N) is 1. The molecule has 0 bridgehead atoms. The van der Waals surface area contributed by atoms with Crippen molar-refractivity contribution in [2.24, 2.45) is 0 Å². The summed E-state index contributed by atoms with van der Waals surface area (Å²) in [4.78, 5) is 14.5. The summed E-state index contributed by atoms with van der Waals surface area (Å²) in [5.74, 6) is 0.286. The monoisotopic (exact) mass is 288 g/mol. The molecule has 1 aromatic rings. The second-order valence-corrected chi connectivity index (χ2v) is 7.38. The molecule has 0 aromatic heterocycles. The molecular weight excluding hydrogens is 260 g/mol. The Hall–Kier alpha value is -1.35. The van der Waals surface area contributed by atoms with Gasteiger partial charge in [-0.05, 0) is 31.2 Å². The molecule has 1 amide bonds. The van der Waals surface area contributed by atoms with Crippen molar-refractivity contribution in [1.29, 1.82) is 0 Å². The summed E-state index contributed by atoms with van der Waals surface area (Å²) in [6.07, 6.45) is 1.51. The van der Waals surface area contributed by atoms with Gasteiger partial charge in [0.2, 0.25) is 5.91 Å². The number of hydrogen-bond donors (Lipinski definition) is 1. The minimum atomic E-state index is 0.0306. The quantitative estimate of drug-likeness (QED) is 0.924. The Labute approximate surface area is 128 Å². The van der Waals surface area contributed by atoms with E-state index in [1.54, 1.807) is 0 Å². The molecule has 3 nitrogen and oxygen atoms in total. The van der Waals surface area contributed by atoms with Crippen LogP contribution in [0.5, 0.6) is 0 Å². The largest absolute Gasteiger partial charge is 0.340 e. The minimum absolute atomic E-state index is 0.0306. The molecule has 0 atom stereocenters. The fraction of sp³-hybridized carbons (Fsp3) is 0.611. The maximum absolute atomic E-state index is 12.5. The predicted molar refractivity (Wildman–Crippen MR) is 87.4 cm³/mol. The van der Waals surface area contributed by atoms with Gasteiger partial charge in [-0.3, -0.25) is 4.79 Å². The van der Waals surface area contributed by atoms with Crippen LogP contribution in [0.25, 0.3) is 0 Å². The summed E-state index contributed by atoms with van der Waals surface area (Å²) in [6.45, 7) is 11.3. The Morgan fingerprint density at radius 2 is 1.95 bits per heavy atom. The zero-order chi connectivity index (χ0) is 15.5. The average molecular weight is 288 g/mol. The number of nitrogens with one attached hydrogen (secondary N) is 1. The van der Waals surface area contributed by atoms with E-state index in [0.717, 1.165) is 26.1 Å². The normalized spacial score (nSPS) is 18.6. The Morgan fingerprint density at radius 1 is 1.29 bits per heavy atom. The van der Waals surface area contributed by atoms with E-state index in [4.69, 9.17) is 0 Å². The van der Waals surface area contributed by atoms with Crippen LogP contribution in [0, 0.1) is 0 Å². The number of amides is 1. The van der Waals surface area contributed by atoms with Crippen molar-refractivity contribution < 1.29 is 4.79 Å². The zero-order valence-corrected chi connectivity index (χ0v) is 13.8. The predicted octanol–water partition coefficient (Wildman–Crippen LogP) is 2.95. The van der Waals surface area contributed by atoms with Crippen LogP contribution in [0.1, 0.15) is 46.1 Å². The SMILES string of the molecule is CC1(C)CN(C(=O)CCC(C)(C)c2ccccc2)CCN1.